The molecule has 2 N–H and O–H groups in total. The molecule has 0 fully saturated rings. The molecule has 0 bridgehead atoms. The molecule has 0 aromatic heterocycles. The van der Waals surface area contributed by atoms with Gasteiger partial charge >= 0.3 is 6.03 Å². The third-order valence-corrected chi connectivity index (χ3v) is 6.48. The van der Waals surface area contributed by atoms with Gasteiger partial charge in [0.1, 0.15) is 12.4 Å². The fourth-order valence-corrected chi connectivity index (χ4v) is 4.39. The van der Waals surface area contributed by atoms with Crippen LogP contribution in [-0.2, 0) is 11.3 Å². The van der Waals surface area contributed by atoms with Crippen molar-refractivity contribution in [1.82, 2.24) is 15.1 Å². The van der Waals surface area contributed by atoms with Gasteiger partial charge in [0.15, 0.2) is 0 Å². The summed E-state index contributed by atoms with van der Waals surface area (Å²) in [4.78, 5) is 29.7. The second kappa shape index (κ2) is 12.7. The van der Waals surface area contributed by atoms with Gasteiger partial charge in [-0.15, -0.1) is 0 Å². The Balaban J connectivity index is 1.91. The number of urea groups is 1. The highest BCUT2D eigenvalue weighted by Crippen LogP contribution is 2.27. The first-order valence-corrected chi connectivity index (χ1v) is 12.6. The van der Waals surface area contributed by atoms with Gasteiger partial charge in [0.2, 0.25) is 0 Å². The monoisotopic (exact) mass is 496 g/mol. The Kier molecular flexibility index (Phi) is 9.73. The largest absolute Gasteiger partial charge is 0.491 e. The van der Waals surface area contributed by atoms with E-state index in [1.54, 1.807) is 37.3 Å². The van der Waals surface area contributed by atoms with Crippen LogP contribution in [0.5, 0.6) is 5.75 Å². The normalized spacial score (nSPS) is 21.7. The fraction of sp³-hybridized carbons (Fsp3) is 0.500. The average molecular weight is 497 g/mol. The standard InChI is InChI=1S/C28H40N4O4/c1-19(2)29-28(34)30-23-12-13-24-25(14-23)36-18-21(4)32(16-22-10-8-7-9-11-22)15-20(3)26(35-6)17-31(5)27(24)33/h7-14,19-21,26H,15-18H2,1-6H3,(H2,29,30,34)/t20-,21+,26-/m1/s1. The van der Waals surface area contributed by atoms with Gasteiger partial charge in [-0.1, -0.05) is 37.3 Å². The first-order valence-electron chi connectivity index (χ1n) is 12.6. The lowest BCUT2D eigenvalue weighted by Crippen LogP contribution is -2.46. The highest BCUT2D eigenvalue weighted by molar-refractivity contribution is 5.98. The van der Waals surface area contributed by atoms with E-state index in [4.69, 9.17) is 9.47 Å². The van der Waals surface area contributed by atoms with Crippen molar-refractivity contribution in [1.29, 1.82) is 0 Å². The summed E-state index contributed by atoms with van der Waals surface area (Å²) in [5.41, 5.74) is 2.25. The Morgan fingerprint density at radius 2 is 1.86 bits per heavy atom. The highest BCUT2D eigenvalue weighted by Gasteiger charge is 2.28. The minimum Gasteiger partial charge on any atom is -0.491 e. The SMILES string of the molecule is CO[C@@H]1CN(C)C(=O)c2ccc(NC(=O)NC(C)C)cc2OC[C@H](C)N(Cc2ccccc2)C[C@H]1C. The number of benzene rings is 2. The number of ether oxygens (including phenoxy) is 2. The molecule has 3 amide bonds. The highest BCUT2D eigenvalue weighted by atomic mass is 16.5. The molecule has 8 nitrogen and oxygen atoms in total. The average Bonchev–Trinajstić information content (AvgIpc) is 2.84. The maximum absolute atomic E-state index is 13.4. The lowest BCUT2D eigenvalue weighted by molar-refractivity contribution is 0.00922. The minimum atomic E-state index is -0.305. The lowest BCUT2D eigenvalue weighted by atomic mass is 10.0. The molecule has 8 heteroatoms. The fourth-order valence-electron chi connectivity index (χ4n) is 4.39. The summed E-state index contributed by atoms with van der Waals surface area (Å²) in [5.74, 6) is 0.497. The number of fused-ring (bicyclic) bond motifs is 1. The van der Waals surface area contributed by atoms with Crippen molar-refractivity contribution in [3.8, 4) is 5.75 Å². The molecule has 0 saturated carbocycles. The van der Waals surface area contributed by atoms with Crippen LogP contribution in [0.4, 0.5) is 10.5 Å². The third kappa shape index (κ3) is 7.45. The number of rotatable bonds is 5. The Morgan fingerprint density at radius 1 is 1.14 bits per heavy atom. The number of methoxy groups -OCH3 is 1. The molecule has 1 aliphatic rings. The zero-order chi connectivity index (χ0) is 26.2. The summed E-state index contributed by atoms with van der Waals surface area (Å²) < 4.78 is 12.1. The summed E-state index contributed by atoms with van der Waals surface area (Å²) in [6.45, 7) is 10.5. The van der Waals surface area contributed by atoms with Gasteiger partial charge in [-0.2, -0.15) is 0 Å². The van der Waals surface area contributed by atoms with Gasteiger partial charge in [-0.3, -0.25) is 9.69 Å². The molecule has 0 aliphatic carbocycles. The van der Waals surface area contributed by atoms with Gasteiger partial charge in [0.25, 0.3) is 5.91 Å². The van der Waals surface area contributed by atoms with Crippen molar-refractivity contribution in [2.24, 2.45) is 5.92 Å². The molecule has 0 saturated heterocycles. The first kappa shape index (κ1) is 27.5. The van der Waals surface area contributed by atoms with Crippen molar-refractivity contribution in [3.05, 3.63) is 59.7 Å². The van der Waals surface area contributed by atoms with Gasteiger partial charge in [0.05, 0.1) is 11.7 Å². The predicted octanol–water partition coefficient (Wildman–Crippen LogP) is 4.22. The summed E-state index contributed by atoms with van der Waals surface area (Å²) in [7, 11) is 3.48. The second-order valence-corrected chi connectivity index (χ2v) is 9.98. The molecule has 1 aliphatic heterocycles. The van der Waals surface area contributed by atoms with Crippen molar-refractivity contribution in [3.63, 3.8) is 0 Å². The third-order valence-electron chi connectivity index (χ3n) is 6.48. The Labute approximate surface area is 214 Å². The van der Waals surface area contributed by atoms with E-state index in [1.807, 2.05) is 19.9 Å². The van der Waals surface area contributed by atoms with Crippen molar-refractivity contribution in [2.75, 3.05) is 39.2 Å². The molecule has 3 atom stereocenters. The van der Waals surface area contributed by atoms with E-state index in [2.05, 4.69) is 53.6 Å². The van der Waals surface area contributed by atoms with Crippen LogP contribution in [-0.4, -0.2) is 73.8 Å². The van der Waals surface area contributed by atoms with Crippen LogP contribution in [0.3, 0.4) is 0 Å². The van der Waals surface area contributed by atoms with Crippen molar-refractivity contribution >= 4 is 17.6 Å². The summed E-state index contributed by atoms with van der Waals surface area (Å²) in [5, 5.41) is 5.63. The number of carbonyl (C=O) groups is 2. The smallest absolute Gasteiger partial charge is 0.319 e. The predicted molar refractivity (Wildman–Crippen MR) is 142 cm³/mol. The zero-order valence-electron chi connectivity index (χ0n) is 22.3. The molecule has 2 aromatic carbocycles. The van der Waals surface area contributed by atoms with E-state index in [0.717, 1.165) is 13.1 Å². The number of nitrogens with one attached hydrogen (secondary N) is 2. The molecule has 2 aromatic rings. The van der Waals surface area contributed by atoms with E-state index < -0.39 is 0 Å². The summed E-state index contributed by atoms with van der Waals surface area (Å²) in [6, 6.07) is 15.3. The molecular weight excluding hydrogens is 456 g/mol. The number of carbonyl (C=O) groups excluding carboxylic acids is 2. The van der Waals surface area contributed by atoms with Crippen LogP contribution in [0.25, 0.3) is 0 Å². The molecule has 196 valence electrons. The van der Waals surface area contributed by atoms with Crippen LogP contribution in [0.15, 0.2) is 48.5 Å². The van der Waals surface area contributed by atoms with Crippen LogP contribution >= 0.6 is 0 Å². The second-order valence-electron chi connectivity index (χ2n) is 9.98. The zero-order valence-corrected chi connectivity index (χ0v) is 22.3. The number of hydrogen-bond acceptors (Lipinski definition) is 5. The maximum atomic E-state index is 13.4. The molecule has 3 rings (SSSR count). The van der Waals surface area contributed by atoms with E-state index in [0.29, 0.717) is 30.2 Å². The van der Waals surface area contributed by atoms with Crippen LogP contribution in [0.1, 0.15) is 43.6 Å². The number of nitrogens with zero attached hydrogens (tertiary/aromatic N) is 2. The number of likely N-dealkylation sites (N-methyl/N-ethyl adjacent to an activating group) is 1. The van der Waals surface area contributed by atoms with E-state index in [-0.39, 0.29) is 36.0 Å². The van der Waals surface area contributed by atoms with Crippen LogP contribution in [0, 0.1) is 5.92 Å². The van der Waals surface area contributed by atoms with Gasteiger partial charge in [0, 0.05) is 57.6 Å². The van der Waals surface area contributed by atoms with Crippen molar-refractivity contribution in [2.45, 2.75) is 52.4 Å². The molecule has 36 heavy (non-hydrogen) atoms. The topological polar surface area (TPSA) is 83.1 Å². The number of hydrogen-bond donors (Lipinski definition) is 2. The molecule has 0 unspecified atom stereocenters. The summed E-state index contributed by atoms with van der Waals surface area (Å²) >= 11 is 0. The summed E-state index contributed by atoms with van der Waals surface area (Å²) in [6.07, 6.45) is -0.117. The van der Waals surface area contributed by atoms with Crippen molar-refractivity contribution < 1.29 is 19.1 Å². The quantitative estimate of drug-likeness (QED) is 0.648. The van der Waals surface area contributed by atoms with E-state index >= 15 is 0 Å². The van der Waals surface area contributed by atoms with Crippen LogP contribution < -0.4 is 15.4 Å². The first-order chi connectivity index (χ1) is 17.2. The van der Waals surface area contributed by atoms with Gasteiger partial charge in [-0.25, -0.2) is 4.79 Å². The maximum Gasteiger partial charge on any atom is 0.319 e. The Bertz CT molecular complexity index is 1010. The van der Waals surface area contributed by atoms with Gasteiger partial charge < -0.3 is 25.0 Å². The Hall–Kier alpha value is -3.10. The minimum absolute atomic E-state index is 0.00772. The molecule has 0 spiro atoms. The molecular formula is C28H40N4O4. The van der Waals surface area contributed by atoms with E-state index in [9.17, 15) is 9.59 Å². The van der Waals surface area contributed by atoms with E-state index in [1.165, 1.54) is 5.56 Å². The van der Waals surface area contributed by atoms with Gasteiger partial charge in [-0.05, 0) is 44.4 Å². The molecule has 0 radical (unpaired) electrons. The number of anilines is 1. The number of amides is 3. The Morgan fingerprint density at radius 3 is 2.53 bits per heavy atom. The lowest BCUT2D eigenvalue weighted by Gasteiger charge is -2.36. The van der Waals surface area contributed by atoms with Crippen LogP contribution in [0.2, 0.25) is 0 Å². The molecule has 1 heterocycles.